The van der Waals surface area contributed by atoms with Gasteiger partial charge in [-0.25, -0.2) is 4.79 Å². The summed E-state index contributed by atoms with van der Waals surface area (Å²) < 4.78 is 4.56. The lowest BCUT2D eigenvalue weighted by Gasteiger charge is -2.35. The second kappa shape index (κ2) is 5.36. The summed E-state index contributed by atoms with van der Waals surface area (Å²) >= 11 is 0. The summed E-state index contributed by atoms with van der Waals surface area (Å²) in [6, 6.07) is 0.402. The van der Waals surface area contributed by atoms with Crippen LogP contribution in [0, 0.1) is 5.41 Å². The van der Waals surface area contributed by atoms with Gasteiger partial charge in [0.25, 0.3) is 0 Å². The van der Waals surface area contributed by atoms with Gasteiger partial charge in [0.1, 0.15) is 0 Å². The number of esters is 1. The highest BCUT2D eigenvalue weighted by Crippen LogP contribution is 2.35. The Morgan fingerprint density at radius 1 is 1.47 bits per heavy atom. The number of ether oxygens (including phenoxy) is 1. The Bertz CT molecular complexity index is 264. The third-order valence-electron chi connectivity index (χ3n) is 3.70. The number of methoxy groups -OCH3 is 1. The predicted molar refractivity (Wildman–Crippen MR) is 66.7 cm³/mol. The molecule has 0 spiro atoms. The fourth-order valence-corrected chi connectivity index (χ4v) is 2.24. The molecule has 1 saturated carbocycles. The van der Waals surface area contributed by atoms with E-state index >= 15 is 0 Å². The number of rotatable bonds is 4. The summed E-state index contributed by atoms with van der Waals surface area (Å²) in [5.74, 6) is -0.582. The normalized spacial score (nSPS) is 24.1. The molecule has 0 aromatic rings. The van der Waals surface area contributed by atoms with Crippen LogP contribution in [0.2, 0.25) is 0 Å². The molecular formula is C13H25NO3. The fourth-order valence-electron chi connectivity index (χ4n) is 2.24. The molecule has 0 aliphatic heterocycles. The van der Waals surface area contributed by atoms with Gasteiger partial charge in [-0.05, 0) is 38.0 Å². The van der Waals surface area contributed by atoms with Crippen molar-refractivity contribution in [3.63, 3.8) is 0 Å². The van der Waals surface area contributed by atoms with Crippen molar-refractivity contribution >= 4 is 5.97 Å². The second-order valence-corrected chi connectivity index (χ2v) is 6.08. The molecule has 4 heteroatoms. The van der Waals surface area contributed by atoms with Crippen molar-refractivity contribution in [2.75, 3.05) is 13.7 Å². The van der Waals surface area contributed by atoms with E-state index in [0.29, 0.717) is 11.5 Å². The molecule has 17 heavy (non-hydrogen) atoms. The van der Waals surface area contributed by atoms with Crippen LogP contribution in [0.1, 0.15) is 46.5 Å². The average Bonchev–Trinajstić information content (AvgIpc) is 2.26. The summed E-state index contributed by atoms with van der Waals surface area (Å²) in [6.07, 6.45) is 4.57. The summed E-state index contributed by atoms with van der Waals surface area (Å²) in [4.78, 5) is 11.3. The van der Waals surface area contributed by atoms with Gasteiger partial charge in [-0.3, -0.25) is 0 Å². The summed E-state index contributed by atoms with van der Waals surface area (Å²) in [5, 5.41) is 13.1. The Hall–Kier alpha value is -0.610. The summed E-state index contributed by atoms with van der Waals surface area (Å²) in [7, 11) is 1.29. The molecule has 0 aromatic heterocycles. The number of hydrogen-bond donors (Lipinski definition) is 2. The van der Waals surface area contributed by atoms with Gasteiger partial charge in [0, 0.05) is 12.6 Å². The van der Waals surface area contributed by atoms with E-state index in [-0.39, 0.29) is 6.54 Å². The Balaban J connectivity index is 2.35. The van der Waals surface area contributed by atoms with E-state index in [2.05, 4.69) is 23.9 Å². The van der Waals surface area contributed by atoms with Crippen LogP contribution >= 0.6 is 0 Å². The minimum Gasteiger partial charge on any atom is -0.467 e. The third-order valence-corrected chi connectivity index (χ3v) is 3.70. The zero-order chi connectivity index (χ0) is 13.1. The maximum atomic E-state index is 11.3. The standard InChI is InChI=1S/C13H25NO3/c1-12(2)7-5-10(6-8-12)14-9-13(3,16)11(15)17-4/h10,14,16H,5-9H2,1-4H3. The van der Waals surface area contributed by atoms with E-state index in [0.717, 1.165) is 12.8 Å². The summed E-state index contributed by atoms with van der Waals surface area (Å²) in [6.45, 7) is 6.31. The van der Waals surface area contributed by atoms with Crippen molar-refractivity contribution < 1.29 is 14.6 Å². The van der Waals surface area contributed by atoms with Crippen LogP contribution in [0.5, 0.6) is 0 Å². The lowest BCUT2D eigenvalue weighted by molar-refractivity contribution is -0.160. The molecule has 2 N–H and O–H groups in total. The van der Waals surface area contributed by atoms with Gasteiger partial charge >= 0.3 is 5.97 Å². The lowest BCUT2D eigenvalue weighted by Crippen LogP contribution is -2.49. The lowest BCUT2D eigenvalue weighted by atomic mass is 9.75. The molecule has 0 radical (unpaired) electrons. The first-order valence-electron chi connectivity index (χ1n) is 6.31. The van der Waals surface area contributed by atoms with Crippen LogP contribution in [-0.4, -0.2) is 36.4 Å². The zero-order valence-corrected chi connectivity index (χ0v) is 11.4. The SMILES string of the molecule is COC(=O)C(C)(O)CNC1CCC(C)(C)CC1. The third kappa shape index (κ3) is 4.28. The van der Waals surface area contributed by atoms with E-state index in [4.69, 9.17) is 0 Å². The van der Waals surface area contributed by atoms with Crippen molar-refractivity contribution in [2.24, 2.45) is 5.41 Å². The highest BCUT2D eigenvalue weighted by atomic mass is 16.5. The molecule has 1 rings (SSSR count). The second-order valence-electron chi connectivity index (χ2n) is 6.08. The molecular weight excluding hydrogens is 218 g/mol. The number of nitrogens with one attached hydrogen (secondary N) is 1. The number of aliphatic hydroxyl groups is 1. The quantitative estimate of drug-likeness (QED) is 0.734. The van der Waals surface area contributed by atoms with E-state index in [1.54, 1.807) is 0 Å². The molecule has 1 atom stereocenters. The van der Waals surface area contributed by atoms with Crippen LogP contribution in [0.15, 0.2) is 0 Å². The molecule has 0 saturated heterocycles. The maximum absolute atomic E-state index is 11.3. The minimum absolute atomic E-state index is 0.255. The van der Waals surface area contributed by atoms with Gasteiger partial charge in [-0.2, -0.15) is 0 Å². The number of hydrogen-bond acceptors (Lipinski definition) is 4. The molecule has 0 heterocycles. The van der Waals surface area contributed by atoms with Crippen molar-refractivity contribution in [3.8, 4) is 0 Å². The van der Waals surface area contributed by atoms with Crippen molar-refractivity contribution in [1.29, 1.82) is 0 Å². The average molecular weight is 243 g/mol. The predicted octanol–water partition coefficient (Wildman–Crippen LogP) is 1.47. The van der Waals surface area contributed by atoms with E-state index in [1.165, 1.54) is 26.9 Å². The van der Waals surface area contributed by atoms with Gasteiger partial charge in [-0.1, -0.05) is 13.8 Å². The van der Waals surface area contributed by atoms with Crippen molar-refractivity contribution in [2.45, 2.75) is 58.1 Å². The van der Waals surface area contributed by atoms with Crippen LogP contribution in [0.25, 0.3) is 0 Å². The Labute approximate surface area is 104 Å². The fraction of sp³-hybridized carbons (Fsp3) is 0.923. The largest absolute Gasteiger partial charge is 0.467 e. The molecule has 1 aliphatic rings. The van der Waals surface area contributed by atoms with Crippen LogP contribution in [0.3, 0.4) is 0 Å². The molecule has 1 aliphatic carbocycles. The minimum atomic E-state index is -1.43. The number of carbonyl (C=O) groups excluding carboxylic acids is 1. The van der Waals surface area contributed by atoms with Crippen molar-refractivity contribution in [1.82, 2.24) is 5.32 Å². The highest BCUT2D eigenvalue weighted by Gasteiger charge is 2.33. The molecule has 0 bridgehead atoms. The molecule has 100 valence electrons. The Morgan fingerprint density at radius 2 is 2.00 bits per heavy atom. The van der Waals surface area contributed by atoms with Gasteiger partial charge in [-0.15, -0.1) is 0 Å². The summed E-state index contributed by atoms with van der Waals surface area (Å²) in [5.41, 5.74) is -0.995. The van der Waals surface area contributed by atoms with Crippen LogP contribution in [0.4, 0.5) is 0 Å². The van der Waals surface area contributed by atoms with Gasteiger partial charge in [0.05, 0.1) is 7.11 Å². The molecule has 0 amide bonds. The Kier molecular flexibility index (Phi) is 4.55. The van der Waals surface area contributed by atoms with Gasteiger partial charge < -0.3 is 15.2 Å². The topological polar surface area (TPSA) is 58.6 Å². The van der Waals surface area contributed by atoms with Gasteiger partial charge in [0.2, 0.25) is 0 Å². The maximum Gasteiger partial charge on any atom is 0.338 e. The highest BCUT2D eigenvalue weighted by molar-refractivity contribution is 5.78. The molecule has 1 fully saturated rings. The Morgan fingerprint density at radius 3 is 2.47 bits per heavy atom. The van der Waals surface area contributed by atoms with Gasteiger partial charge in [0.15, 0.2) is 5.60 Å². The van der Waals surface area contributed by atoms with E-state index in [1.807, 2.05) is 0 Å². The smallest absolute Gasteiger partial charge is 0.338 e. The molecule has 1 unspecified atom stereocenters. The first kappa shape index (κ1) is 14.5. The first-order valence-corrected chi connectivity index (χ1v) is 6.31. The number of carbonyl (C=O) groups is 1. The molecule has 0 aromatic carbocycles. The van der Waals surface area contributed by atoms with Crippen molar-refractivity contribution in [3.05, 3.63) is 0 Å². The molecule has 4 nitrogen and oxygen atoms in total. The first-order chi connectivity index (χ1) is 7.77. The van der Waals surface area contributed by atoms with Crippen LogP contribution < -0.4 is 5.32 Å². The zero-order valence-electron chi connectivity index (χ0n) is 11.4. The van der Waals surface area contributed by atoms with E-state index < -0.39 is 11.6 Å². The van der Waals surface area contributed by atoms with E-state index in [9.17, 15) is 9.90 Å². The van der Waals surface area contributed by atoms with Crippen LogP contribution in [-0.2, 0) is 9.53 Å². The monoisotopic (exact) mass is 243 g/mol.